The molecule has 1 aromatic carbocycles. The first-order valence-corrected chi connectivity index (χ1v) is 16.3. The van der Waals surface area contributed by atoms with Crippen molar-refractivity contribution in [3.63, 3.8) is 0 Å². The van der Waals surface area contributed by atoms with Gasteiger partial charge in [-0.3, -0.25) is 0 Å². The van der Waals surface area contributed by atoms with E-state index in [0.717, 1.165) is 56.2 Å². The first-order chi connectivity index (χ1) is 21.5. The van der Waals surface area contributed by atoms with Crippen molar-refractivity contribution >= 4 is 0 Å². The van der Waals surface area contributed by atoms with Gasteiger partial charge in [0.25, 0.3) is 0 Å². The monoisotopic (exact) mass is 605 g/mol. The Labute approximate surface area is 262 Å². The molecule has 1 aliphatic heterocycles. The minimum atomic E-state index is -0.599. The van der Waals surface area contributed by atoms with Crippen molar-refractivity contribution in [2.75, 3.05) is 26.4 Å². The third-order valence-electron chi connectivity index (χ3n) is 8.87. The number of phenolic OH excluding ortho intramolecular Hbond substituents is 1. The number of allylic oxidation sites excluding steroid dienone is 2. The van der Waals surface area contributed by atoms with Gasteiger partial charge in [-0.25, -0.2) is 0 Å². The lowest BCUT2D eigenvalue weighted by molar-refractivity contribution is -0.0515. The predicted molar refractivity (Wildman–Crippen MR) is 174 cm³/mol. The smallest absolute Gasteiger partial charge is 0.161 e. The van der Waals surface area contributed by atoms with Gasteiger partial charge in [-0.15, -0.1) is 5.92 Å². The summed E-state index contributed by atoms with van der Waals surface area (Å²) in [6, 6.07) is 9.51. The van der Waals surface area contributed by atoms with Crippen molar-refractivity contribution in [2.45, 2.75) is 83.3 Å². The summed E-state index contributed by atoms with van der Waals surface area (Å²) in [6.45, 7) is 3.55. The molecule has 8 heteroatoms. The zero-order chi connectivity index (χ0) is 31.1. The zero-order valence-electron chi connectivity index (χ0n) is 26.1. The highest BCUT2D eigenvalue weighted by atomic mass is 16.5. The van der Waals surface area contributed by atoms with E-state index in [0.29, 0.717) is 49.9 Å². The molecule has 44 heavy (non-hydrogen) atoms. The summed E-state index contributed by atoms with van der Waals surface area (Å²) in [5.74, 6) is 8.49. The van der Waals surface area contributed by atoms with Crippen molar-refractivity contribution in [3.05, 3.63) is 71.3 Å². The van der Waals surface area contributed by atoms with Gasteiger partial charge in [0.2, 0.25) is 0 Å². The minimum Gasteiger partial charge on any atom is -0.504 e. The van der Waals surface area contributed by atoms with Gasteiger partial charge >= 0.3 is 0 Å². The standard InChI is InChI=1S/C36H51N3O5/c1-2-26-7-3-4-11-34(44-22-20-40)31(10-5-8-26)32(41)14-12-27-13-15-33(42)35(23-27)43-21-17-29(24-30-9-6-18-38-30)28-16-19-39-36(37)25-28/h6,9,13,15-16,18,23,25-26,29,31-32,34,38-42H,2-4,7,10-12,14,17,19-22,24,37H2,1H3. The van der Waals surface area contributed by atoms with Crippen molar-refractivity contribution in [2.24, 2.45) is 23.5 Å². The molecule has 240 valence electrons. The summed E-state index contributed by atoms with van der Waals surface area (Å²) < 4.78 is 12.2. The lowest BCUT2D eigenvalue weighted by Crippen LogP contribution is -2.35. The van der Waals surface area contributed by atoms with Crippen LogP contribution in [0.15, 0.2) is 60.1 Å². The first-order valence-electron chi connectivity index (χ1n) is 16.3. The number of aryl methyl sites for hydroxylation is 1. The number of hydrogen-bond acceptors (Lipinski definition) is 7. The topological polar surface area (TPSA) is 133 Å². The SMILES string of the molecule is CCC1C#CCC(C(O)CCc2ccc(O)c(OCCC(Cc3ccc[nH]3)C3=CCNC(N)=C3)c2)C(OCCO)CCCC1. The summed E-state index contributed by atoms with van der Waals surface area (Å²) in [7, 11) is 0. The highest BCUT2D eigenvalue weighted by Gasteiger charge is 2.29. The summed E-state index contributed by atoms with van der Waals surface area (Å²) >= 11 is 0. The molecule has 7 N–H and O–H groups in total. The molecular formula is C36H51N3O5. The van der Waals surface area contributed by atoms with Gasteiger partial charge in [-0.1, -0.05) is 37.8 Å². The maximum absolute atomic E-state index is 11.4. The number of dihydropyridines is 1. The van der Waals surface area contributed by atoms with Crippen LogP contribution in [0.2, 0.25) is 0 Å². The summed E-state index contributed by atoms with van der Waals surface area (Å²) in [5, 5.41) is 34.4. The van der Waals surface area contributed by atoms with Crippen LogP contribution in [0.4, 0.5) is 0 Å². The molecule has 0 saturated heterocycles. The van der Waals surface area contributed by atoms with E-state index in [-0.39, 0.29) is 36.9 Å². The van der Waals surface area contributed by atoms with E-state index < -0.39 is 6.10 Å². The molecular weight excluding hydrogens is 554 g/mol. The maximum atomic E-state index is 11.4. The van der Waals surface area contributed by atoms with Gasteiger partial charge in [0.1, 0.15) is 0 Å². The van der Waals surface area contributed by atoms with Gasteiger partial charge < -0.3 is 40.8 Å². The highest BCUT2D eigenvalue weighted by Crippen LogP contribution is 2.31. The molecule has 8 nitrogen and oxygen atoms in total. The number of rotatable bonds is 15. The quantitative estimate of drug-likeness (QED) is 0.158. The number of aromatic nitrogens is 1. The molecule has 5 atom stereocenters. The number of aliphatic hydroxyl groups is 2. The summed E-state index contributed by atoms with van der Waals surface area (Å²) in [5.41, 5.74) is 9.38. The van der Waals surface area contributed by atoms with Crippen LogP contribution in [-0.2, 0) is 17.6 Å². The molecule has 0 radical (unpaired) electrons. The van der Waals surface area contributed by atoms with Gasteiger partial charge in [0.05, 0.1) is 37.8 Å². The van der Waals surface area contributed by atoms with Crippen molar-refractivity contribution in [1.29, 1.82) is 0 Å². The molecule has 1 aromatic heterocycles. The summed E-state index contributed by atoms with van der Waals surface area (Å²) in [6.07, 6.45) is 13.8. The minimum absolute atomic E-state index is 0.0363. The molecule has 0 spiro atoms. The number of phenols is 1. The Hall–Kier alpha value is -3.38. The molecule has 5 unspecified atom stereocenters. The molecule has 2 aliphatic rings. The normalized spacial score (nSPS) is 22.0. The van der Waals surface area contributed by atoms with E-state index >= 15 is 0 Å². The number of aromatic amines is 1. The number of hydrogen-bond donors (Lipinski definition) is 6. The molecule has 0 bridgehead atoms. The second-order valence-corrected chi connectivity index (χ2v) is 12.0. The zero-order valence-corrected chi connectivity index (χ0v) is 26.1. The van der Waals surface area contributed by atoms with Crippen LogP contribution in [0.5, 0.6) is 11.5 Å². The van der Waals surface area contributed by atoms with E-state index in [1.54, 1.807) is 6.07 Å². The van der Waals surface area contributed by atoms with E-state index in [9.17, 15) is 15.3 Å². The second kappa shape index (κ2) is 17.8. The number of benzene rings is 1. The van der Waals surface area contributed by atoms with Gasteiger partial charge in [0, 0.05) is 36.7 Å². The molecule has 4 rings (SSSR count). The van der Waals surface area contributed by atoms with Crippen LogP contribution in [0.1, 0.15) is 69.5 Å². The van der Waals surface area contributed by atoms with Gasteiger partial charge in [-0.05, 0) is 92.3 Å². The number of H-pyrrole nitrogens is 1. The first kappa shape index (κ1) is 33.5. The van der Waals surface area contributed by atoms with Crippen LogP contribution in [0, 0.1) is 29.6 Å². The molecule has 0 saturated carbocycles. The summed E-state index contributed by atoms with van der Waals surface area (Å²) in [4.78, 5) is 3.30. The Morgan fingerprint density at radius 2 is 2.00 bits per heavy atom. The molecule has 2 aromatic rings. The molecule has 2 heterocycles. The Kier molecular flexibility index (Phi) is 13.6. The lowest BCUT2D eigenvalue weighted by atomic mass is 9.85. The molecule has 0 amide bonds. The van der Waals surface area contributed by atoms with E-state index in [4.69, 9.17) is 15.2 Å². The largest absolute Gasteiger partial charge is 0.504 e. The lowest BCUT2D eigenvalue weighted by Gasteiger charge is -2.30. The van der Waals surface area contributed by atoms with Crippen molar-refractivity contribution in [1.82, 2.24) is 10.3 Å². The van der Waals surface area contributed by atoms with E-state index in [1.807, 2.05) is 30.5 Å². The van der Waals surface area contributed by atoms with Crippen LogP contribution in [-0.4, -0.2) is 58.9 Å². The Morgan fingerprint density at radius 3 is 2.77 bits per heavy atom. The highest BCUT2D eigenvalue weighted by molar-refractivity contribution is 5.42. The maximum Gasteiger partial charge on any atom is 0.161 e. The molecule has 0 fully saturated rings. The van der Waals surface area contributed by atoms with Crippen LogP contribution < -0.4 is 15.8 Å². The van der Waals surface area contributed by atoms with Crippen LogP contribution >= 0.6 is 0 Å². The number of aromatic hydroxyl groups is 1. The number of nitrogens with two attached hydrogens (primary N) is 1. The van der Waals surface area contributed by atoms with Gasteiger partial charge in [0.15, 0.2) is 11.5 Å². The Bertz CT molecular complexity index is 1260. The fourth-order valence-electron chi connectivity index (χ4n) is 6.25. The average molecular weight is 606 g/mol. The van der Waals surface area contributed by atoms with Gasteiger partial charge in [-0.2, -0.15) is 0 Å². The third kappa shape index (κ3) is 10.4. The number of nitrogens with one attached hydrogen (secondary N) is 2. The average Bonchev–Trinajstić information content (AvgIpc) is 3.55. The van der Waals surface area contributed by atoms with Crippen molar-refractivity contribution in [3.8, 4) is 23.3 Å². The Morgan fingerprint density at radius 1 is 1.14 bits per heavy atom. The third-order valence-corrected chi connectivity index (χ3v) is 8.87. The van der Waals surface area contributed by atoms with E-state index in [1.165, 1.54) is 5.57 Å². The molecule has 1 aliphatic carbocycles. The fourth-order valence-corrected chi connectivity index (χ4v) is 6.25. The number of aliphatic hydroxyl groups excluding tert-OH is 2. The Balaban J connectivity index is 1.37. The second-order valence-electron chi connectivity index (χ2n) is 12.0. The van der Waals surface area contributed by atoms with Crippen molar-refractivity contribution < 1.29 is 24.8 Å². The predicted octanol–water partition coefficient (Wildman–Crippen LogP) is 4.96. The van der Waals surface area contributed by atoms with E-state index in [2.05, 4.69) is 41.2 Å². The fraction of sp³-hybridized carbons (Fsp3) is 0.556. The van der Waals surface area contributed by atoms with Crippen LogP contribution in [0.3, 0.4) is 0 Å². The van der Waals surface area contributed by atoms with Crippen LogP contribution in [0.25, 0.3) is 0 Å². The number of ether oxygens (including phenoxy) is 2.